The van der Waals surface area contributed by atoms with E-state index in [0.29, 0.717) is 5.92 Å². The molecule has 0 saturated heterocycles. The van der Waals surface area contributed by atoms with Crippen molar-refractivity contribution in [3.8, 4) is 0 Å². The van der Waals surface area contributed by atoms with Crippen molar-refractivity contribution in [3.63, 3.8) is 0 Å². The molecule has 0 radical (unpaired) electrons. The first-order chi connectivity index (χ1) is 10.5. The average Bonchev–Trinajstić information content (AvgIpc) is 2.46. The van der Waals surface area contributed by atoms with Crippen molar-refractivity contribution in [1.29, 1.82) is 0 Å². The van der Waals surface area contributed by atoms with Crippen LogP contribution < -0.4 is 10.9 Å². The molecule has 1 aromatic carbocycles. The van der Waals surface area contributed by atoms with E-state index in [-0.39, 0.29) is 23.2 Å². The third kappa shape index (κ3) is 3.04. The van der Waals surface area contributed by atoms with Gasteiger partial charge >= 0.3 is 0 Å². The van der Waals surface area contributed by atoms with Crippen molar-refractivity contribution < 1.29 is 4.79 Å². The largest absolute Gasteiger partial charge is 0.348 e. The Morgan fingerprint density at radius 3 is 2.55 bits per heavy atom. The van der Waals surface area contributed by atoms with E-state index in [1.165, 1.54) is 24.7 Å². The molecule has 1 aliphatic carbocycles. The van der Waals surface area contributed by atoms with Crippen LogP contribution in [0.4, 0.5) is 0 Å². The number of carbonyl (C=O) groups excluding carboxylic acids is 1. The topological polar surface area (TPSA) is 64.0 Å². The number of nitrogens with one attached hydrogen (secondary N) is 1. The smallest absolute Gasteiger partial charge is 0.271 e. The molecule has 0 aliphatic heterocycles. The van der Waals surface area contributed by atoms with Crippen molar-refractivity contribution in [3.05, 3.63) is 63.0 Å². The number of hydrogen-bond acceptors (Lipinski definition) is 3. The van der Waals surface area contributed by atoms with Crippen molar-refractivity contribution >= 4 is 17.5 Å². The molecular weight excluding hydrogens is 302 g/mol. The van der Waals surface area contributed by atoms with Gasteiger partial charge in [-0.25, -0.2) is 4.68 Å². The summed E-state index contributed by atoms with van der Waals surface area (Å²) < 4.78 is 1.16. The lowest BCUT2D eigenvalue weighted by Gasteiger charge is -2.36. The molecule has 2 aromatic rings. The summed E-state index contributed by atoms with van der Waals surface area (Å²) in [5.74, 6) is 0.214. The normalized spacial score (nSPS) is 20.3. The molecule has 114 valence electrons. The molecule has 1 aliphatic rings. The summed E-state index contributed by atoms with van der Waals surface area (Å²) in [6, 6.07) is 10.8. The molecule has 0 bridgehead atoms. The van der Waals surface area contributed by atoms with Crippen LogP contribution in [0, 0.1) is 0 Å². The van der Waals surface area contributed by atoms with Gasteiger partial charge in [-0.2, -0.15) is 5.10 Å². The monoisotopic (exact) mass is 317 g/mol. The van der Waals surface area contributed by atoms with Crippen LogP contribution in [0.25, 0.3) is 0 Å². The van der Waals surface area contributed by atoms with Gasteiger partial charge in [-0.3, -0.25) is 9.59 Å². The van der Waals surface area contributed by atoms with Crippen molar-refractivity contribution in [2.45, 2.75) is 24.8 Å². The maximum atomic E-state index is 12.1. The number of aromatic nitrogens is 2. The molecule has 0 atom stereocenters. The van der Waals surface area contributed by atoms with E-state index in [1.54, 1.807) is 0 Å². The lowest BCUT2D eigenvalue weighted by molar-refractivity contribution is 0.0901. The van der Waals surface area contributed by atoms with Gasteiger partial charge in [-0.15, -0.1) is 0 Å². The van der Waals surface area contributed by atoms with E-state index in [0.717, 1.165) is 22.5 Å². The molecule has 3 rings (SSSR count). The van der Waals surface area contributed by atoms with E-state index >= 15 is 0 Å². The van der Waals surface area contributed by atoms with Crippen molar-refractivity contribution in [2.24, 2.45) is 7.05 Å². The van der Waals surface area contributed by atoms with Gasteiger partial charge in [-0.05, 0) is 42.5 Å². The second-order valence-electron chi connectivity index (χ2n) is 5.57. The molecule has 22 heavy (non-hydrogen) atoms. The maximum Gasteiger partial charge on any atom is 0.271 e. The highest BCUT2D eigenvalue weighted by Crippen LogP contribution is 2.37. The highest BCUT2D eigenvalue weighted by atomic mass is 35.5. The zero-order valence-electron chi connectivity index (χ0n) is 12.1. The second-order valence-corrected chi connectivity index (χ2v) is 6.01. The standard InChI is InChI=1S/C16H16ClN3O2/c1-20-15(21)7-6-14(19-20)16(22)18-13-8-11(9-13)10-2-4-12(17)5-3-10/h2-7,11,13H,8-9H2,1H3,(H,18,22). The lowest BCUT2D eigenvalue weighted by atomic mass is 9.76. The summed E-state index contributed by atoms with van der Waals surface area (Å²) in [5.41, 5.74) is 1.27. The minimum Gasteiger partial charge on any atom is -0.348 e. The van der Waals surface area contributed by atoms with Crippen LogP contribution in [0.2, 0.25) is 5.02 Å². The Labute approximate surface area is 132 Å². The van der Waals surface area contributed by atoms with Gasteiger partial charge in [0.2, 0.25) is 0 Å². The minimum absolute atomic E-state index is 0.146. The van der Waals surface area contributed by atoms with E-state index < -0.39 is 0 Å². The fourth-order valence-corrected chi connectivity index (χ4v) is 2.75. The summed E-state index contributed by atoms with van der Waals surface area (Å²) >= 11 is 5.88. The molecule has 6 heteroatoms. The number of nitrogens with zero attached hydrogens (tertiary/aromatic N) is 2. The van der Waals surface area contributed by atoms with Gasteiger partial charge in [0.25, 0.3) is 11.5 Å². The predicted molar refractivity (Wildman–Crippen MR) is 84.2 cm³/mol. The number of carbonyl (C=O) groups is 1. The zero-order valence-corrected chi connectivity index (χ0v) is 12.9. The highest BCUT2D eigenvalue weighted by Gasteiger charge is 2.31. The molecule has 1 aromatic heterocycles. The van der Waals surface area contributed by atoms with Crippen LogP contribution in [0.5, 0.6) is 0 Å². The fourth-order valence-electron chi connectivity index (χ4n) is 2.63. The van der Waals surface area contributed by atoms with Gasteiger partial charge in [-0.1, -0.05) is 23.7 Å². The number of rotatable bonds is 3. The van der Waals surface area contributed by atoms with E-state index in [1.807, 2.05) is 24.3 Å². The first-order valence-corrected chi connectivity index (χ1v) is 7.51. The maximum absolute atomic E-state index is 12.1. The zero-order chi connectivity index (χ0) is 15.7. The SMILES string of the molecule is Cn1nc(C(=O)NC2CC(c3ccc(Cl)cc3)C2)ccc1=O. The summed E-state index contributed by atoms with van der Waals surface area (Å²) in [7, 11) is 1.53. The number of hydrogen-bond donors (Lipinski definition) is 1. The van der Waals surface area contributed by atoms with Crippen LogP contribution in [0.15, 0.2) is 41.2 Å². The molecule has 1 amide bonds. The van der Waals surface area contributed by atoms with Crippen LogP contribution in [-0.4, -0.2) is 21.7 Å². The Bertz CT molecular complexity index is 749. The predicted octanol–water partition coefficient (Wildman–Crippen LogP) is 2.11. The summed E-state index contributed by atoms with van der Waals surface area (Å²) in [6.07, 6.45) is 1.80. The first-order valence-electron chi connectivity index (χ1n) is 7.13. The van der Waals surface area contributed by atoms with E-state index in [2.05, 4.69) is 10.4 Å². The Morgan fingerprint density at radius 1 is 1.23 bits per heavy atom. The highest BCUT2D eigenvalue weighted by molar-refractivity contribution is 6.30. The fraction of sp³-hybridized carbons (Fsp3) is 0.312. The van der Waals surface area contributed by atoms with Crippen molar-refractivity contribution in [1.82, 2.24) is 15.1 Å². The molecule has 0 spiro atoms. The Kier molecular flexibility index (Phi) is 3.98. The number of amides is 1. The average molecular weight is 318 g/mol. The number of benzene rings is 1. The van der Waals surface area contributed by atoms with E-state index in [9.17, 15) is 9.59 Å². The van der Waals surface area contributed by atoms with Gasteiger partial charge < -0.3 is 5.32 Å². The van der Waals surface area contributed by atoms with Crippen molar-refractivity contribution in [2.75, 3.05) is 0 Å². The van der Waals surface area contributed by atoms with Gasteiger partial charge in [0.05, 0.1) is 0 Å². The summed E-state index contributed by atoms with van der Waals surface area (Å²) in [6.45, 7) is 0. The van der Waals surface area contributed by atoms with Gasteiger partial charge in [0.15, 0.2) is 0 Å². The molecule has 0 unspecified atom stereocenters. The molecular formula is C16H16ClN3O2. The third-order valence-corrected chi connectivity index (χ3v) is 4.26. The quantitative estimate of drug-likeness (QED) is 0.943. The molecule has 1 heterocycles. The Morgan fingerprint density at radius 2 is 1.91 bits per heavy atom. The first kappa shape index (κ1) is 14.8. The van der Waals surface area contributed by atoms with Crippen LogP contribution in [-0.2, 0) is 7.05 Å². The molecule has 1 fully saturated rings. The number of aryl methyl sites for hydroxylation is 1. The van der Waals surface area contributed by atoms with Gasteiger partial charge in [0, 0.05) is 24.2 Å². The lowest BCUT2D eigenvalue weighted by Crippen LogP contribution is -2.44. The second kappa shape index (κ2) is 5.93. The van der Waals surface area contributed by atoms with E-state index in [4.69, 9.17) is 11.6 Å². The Hall–Kier alpha value is -2.14. The molecule has 5 nitrogen and oxygen atoms in total. The van der Waals surface area contributed by atoms with Gasteiger partial charge in [0.1, 0.15) is 5.69 Å². The molecule has 1 N–H and O–H groups in total. The van der Waals surface area contributed by atoms with Crippen LogP contribution in [0.1, 0.15) is 34.8 Å². The molecule has 1 saturated carbocycles. The Balaban J connectivity index is 1.57. The number of halogens is 1. The summed E-state index contributed by atoms with van der Waals surface area (Å²) in [4.78, 5) is 23.4. The minimum atomic E-state index is -0.241. The van der Waals surface area contributed by atoms with Crippen LogP contribution in [0.3, 0.4) is 0 Å². The van der Waals surface area contributed by atoms with Crippen LogP contribution >= 0.6 is 11.6 Å². The third-order valence-electron chi connectivity index (χ3n) is 4.01. The summed E-state index contributed by atoms with van der Waals surface area (Å²) in [5, 5.41) is 7.63.